The maximum absolute atomic E-state index is 11.8. The average molecular weight is 247 g/mol. The van der Waals surface area contributed by atoms with Gasteiger partial charge in [-0.25, -0.2) is 0 Å². The molecule has 4 nitrogen and oxygen atoms in total. The molecule has 1 aromatic rings. The van der Waals surface area contributed by atoms with Crippen LogP contribution in [0.2, 0.25) is 0 Å². The number of carbonyl (C=O) groups excluding carboxylic acids is 1. The number of amides is 1. The van der Waals surface area contributed by atoms with Gasteiger partial charge in [0.1, 0.15) is 0 Å². The molecule has 0 aromatic heterocycles. The van der Waals surface area contributed by atoms with Crippen molar-refractivity contribution in [1.82, 2.24) is 4.90 Å². The number of nitrogens with zero attached hydrogens (tertiary/aromatic N) is 1. The molecule has 0 unspecified atom stereocenters. The maximum Gasteiger partial charge on any atom is 0.238 e. The number of nitrogens with one attached hydrogen (secondary N) is 1. The van der Waals surface area contributed by atoms with Gasteiger partial charge in [0, 0.05) is 17.9 Å². The van der Waals surface area contributed by atoms with Crippen LogP contribution >= 0.6 is 0 Å². The van der Waals surface area contributed by atoms with Crippen LogP contribution in [0.1, 0.15) is 18.4 Å². The summed E-state index contributed by atoms with van der Waals surface area (Å²) in [4.78, 5) is 13.9. The van der Waals surface area contributed by atoms with E-state index in [0.717, 1.165) is 23.7 Å². The van der Waals surface area contributed by atoms with Gasteiger partial charge in [0.25, 0.3) is 0 Å². The minimum atomic E-state index is 0.0152. The quantitative estimate of drug-likeness (QED) is 0.781. The summed E-state index contributed by atoms with van der Waals surface area (Å²) >= 11 is 0. The molecule has 0 saturated heterocycles. The molecule has 18 heavy (non-hydrogen) atoms. The van der Waals surface area contributed by atoms with E-state index in [0.29, 0.717) is 12.2 Å². The molecule has 1 amide bonds. The summed E-state index contributed by atoms with van der Waals surface area (Å²) in [5.41, 5.74) is 8.31. The Morgan fingerprint density at radius 1 is 1.50 bits per heavy atom. The van der Waals surface area contributed by atoms with Gasteiger partial charge in [-0.1, -0.05) is 6.07 Å². The number of likely N-dealkylation sites (N-methyl/N-ethyl adjacent to an activating group) is 1. The van der Waals surface area contributed by atoms with E-state index in [-0.39, 0.29) is 5.91 Å². The lowest BCUT2D eigenvalue weighted by Gasteiger charge is -2.16. The first-order chi connectivity index (χ1) is 8.54. The minimum absolute atomic E-state index is 0.0152. The second-order valence-electron chi connectivity index (χ2n) is 5.26. The zero-order chi connectivity index (χ0) is 13.1. The van der Waals surface area contributed by atoms with Gasteiger partial charge in [0.05, 0.1) is 6.54 Å². The first-order valence-corrected chi connectivity index (χ1v) is 6.39. The van der Waals surface area contributed by atoms with E-state index in [4.69, 9.17) is 5.73 Å². The highest BCUT2D eigenvalue weighted by Gasteiger charge is 2.23. The van der Waals surface area contributed by atoms with Gasteiger partial charge in [0.2, 0.25) is 5.91 Å². The summed E-state index contributed by atoms with van der Waals surface area (Å²) < 4.78 is 0. The van der Waals surface area contributed by atoms with Gasteiger partial charge in [-0.15, -0.1) is 0 Å². The number of hydrogen-bond acceptors (Lipinski definition) is 3. The van der Waals surface area contributed by atoms with Crippen molar-refractivity contribution in [1.29, 1.82) is 0 Å². The molecular weight excluding hydrogens is 226 g/mol. The predicted molar refractivity (Wildman–Crippen MR) is 74.4 cm³/mol. The molecule has 0 bridgehead atoms. The molecule has 1 aromatic carbocycles. The largest absolute Gasteiger partial charge is 0.398 e. The number of aryl methyl sites for hydroxylation is 1. The SMILES string of the molecule is Cc1ccc(NC(=O)CN(C)CC2CC2)cc1N. The molecule has 0 aliphatic heterocycles. The van der Waals surface area contributed by atoms with Crippen molar-refractivity contribution in [3.05, 3.63) is 23.8 Å². The molecule has 0 atom stereocenters. The van der Waals surface area contributed by atoms with Crippen LogP contribution in [0.4, 0.5) is 11.4 Å². The maximum atomic E-state index is 11.8. The first-order valence-electron chi connectivity index (χ1n) is 6.39. The second-order valence-corrected chi connectivity index (χ2v) is 5.26. The molecule has 3 N–H and O–H groups in total. The van der Waals surface area contributed by atoms with Crippen molar-refractivity contribution < 1.29 is 4.79 Å². The Bertz CT molecular complexity index is 441. The lowest BCUT2D eigenvalue weighted by Crippen LogP contribution is -2.31. The summed E-state index contributed by atoms with van der Waals surface area (Å²) in [7, 11) is 1.99. The molecule has 0 heterocycles. The highest BCUT2D eigenvalue weighted by molar-refractivity contribution is 5.92. The monoisotopic (exact) mass is 247 g/mol. The summed E-state index contributed by atoms with van der Waals surface area (Å²) in [5.74, 6) is 0.819. The Morgan fingerprint density at radius 3 is 2.83 bits per heavy atom. The second kappa shape index (κ2) is 5.40. The minimum Gasteiger partial charge on any atom is -0.398 e. The van der Waals surface area contributed by atoms with E-state index < -0.39 is 0 Å². The van der Waals surface area contributed by atoms with Gasteiger partial charge >= 0.3 is 0 Å². The van der Waals surface area contributed by atoms with Crippen molar-refractivity contribution in [3.8, 4) is 0 Å². The van der Waals surface area contributed by atoms with E-state index >= 15 is 0 Å². The van der Waals surface area contributed by atoms with Gasteiger partial charge in [0.15, 0.2) is 0 Å². The molecule has 0 radical (unpaired) electrons. The smallest absolute Gasteiger partial charge is 0.238 e. The van der Waals surface area contributed by atoms with Crippen LogP contribution in [0, 0.1) is 12.8 Å². The first kappa shape index (κ1) is 12.9. The lowest BCUT2D eigenvalue weighted by molar-refractivity contribution is -0.117. The lowest BCUT2D eigenvalue weighted by atomic mass is 10.2. The third-order valence-electron chi connectivity index (χ3n) is 3.24. The van der Waals surface area contributed by atoms with Crippen LogP contribution in [-0.2, 0) is 4.79 Å². The van der Waals surface area contributed by atoms with E-state index in [9.17, 15) is 4.79 Å². The van der Waals surface area contributed by atoms with Gasteiger partial charge in [-0.05, 0) is 50.4 Å². The Hall–Kier alpha value is -1.55. The fraction of sp³-hybridized carbons (Fsp3) is 0.500. The molecule has 0 spiro atoms. The zero-order valence-corrected chi connectivity index (χ0v) is 11.1. The predicted octanol–water partition coefficient (Wildman–Crippen LogP) is 1.86. The van der Waals surface area contributed by atoms with Crippen molar-refractivity contribution in [2.24, 2.45) is 5.92 Å². The third-order valence-corrected chi connectivity index (χ3v) is 3.24. The normalized spacial score (nSPS) is 14.8. The van der Waals surface area contributed by atoms with Crippen molar-refractivity contribution in [3.63, 3.8) is 0 Å². The fourth-order valence-corrected chi connectivity index (χ4v) is 1.97. The van der Waals surface area contributed by atoms with Crippen molar-refractivity contribution in [2.45, 2.75) is 19.8 Å². The van der Waals surface area contributed by atoms with E-state index in [2.05, 4.69) is 10.2 Å². The zero-order valence-electron chi connectivity index (χ0n) is 11.1. The average Bonchev–Trinajstić information content (AvgIpc) is 3.07. The Balaban J connectivity index is 1.83. The molecule has 1 aliphatic rings. The number of rotatable bonds is 5. The van der Waals surface area contributed by atoms with E-state index in [1.54, 1.807) is 6.07 Å². The van der Waals surface area contributed by atoms with Crippen LogP contribution in [0.3, 0.4) is 0 Å². The van der Waals surface area contributed by atoms with E-state index in [1.807, 2.05) is 26.1 Å². The summed E-state index contributed by atoms with van der Waals surface area (Å²) in [6.07, 6.45) is 2.61. The number of hydrogen-bond donors (Lipinski definition) is 2. The summed E-state index contributed by atoms with van der Waals surface area (Å²) in [6, 6.07) is 5.59. The summed E-state index contributed by atoms with van der Waals surface area (Å²) in [5, 5.41) is 2.87. The molecule has 1 saturated carbocycles. The highest BCUT2D eigenvalue weighted by Crippen LogP contribution is 2.29. The summed E-state index contributed by atoms with van der Waals surface area (Å²) in [6.45, 7) is 3.40. The molecule has 4 heteroatoms. The van der Waals surface area contributed by atoms with Crippen molar-refractivity contribution >= 4 is 17.3 Å². The van der Waals surface area contributed by atoms with Crippen LogP contribution in [0.25, 0.3) is 0 Å². The highest BCUT2D eigenvalue weighted by atomic mass is 16.2. The number of anilines is 2. The van der Waals surface area contributed by atoms with Crippen LogP contribution < -0.4 is 11.1 Å². The van der Waals surface area contributed by atoms with Crippen LogP contribution in [-0.4, -0.2) is 30.9 Å². The fourth-order valence-electron chi connectivity index (χ4n) is 1.97. The molecule has 1 fully saturated rings. The van der Waals surface area contributed by atoms with E-state index in [1.165, 1.54) is 12.8 Å². The number of carbonyl (C=O) groups is 1. The molecule has 98 valence electrons. The third kappa shape index (κ3) is 3.74. The topological polar surface area (TPSA) is 58.4 Å². The van der Waals surface area contributed by atoms with Crippen molar-refractivity contribution in [2.75, 3.05) is 31.2 Å². The Labute approximate surface area is 108 Å². The van der Waals surface area contributed by atoms with Gasteiger partial charge in [-0.2, -0.15) is 0 Å². The van der Waals surface area contributed by atoms with Crippen LogP contribution in [0.15, 0.2) is 18.2 Å². The Kier molecular flexibility index (Phi) is 3.87. The number of nitrogen functional groups attached to an aromatic ring is 1. The van der Waals surface area contributed by atoms with Gasteiger partial charge in [-0.3, -0.25) is 9.69 Å². The number of benzene rings is 1. The standard InChI is InChI=1S/C14H21N3O/c1-10-3-6-12(7-13(10)15)16-14(18)9-17(2)8-11-4-5-11/h3,6-7,11H,4-5,8-9,15H2,1-2H3,(H,16,18). The number of nitrogens with two attached hydrogens (primary N) is 1. The van der Waals surface area contributed by atoms with Gasteiger partial charge < -0.3 is 11.1 Å². The Morgan fingerprint density at radius 2 is 2.22 bits per heavy atom. The molecule has 2 rings (SSSR count). The molecule has 1 aliphatic carbocycles. The molecular formula is C14H21N3O. The van der Waals surface area contributed by atoms with Crippen LogP contribution in [0.5, 0.6) is 0 Å².